The first kappa shape index (κ1) is 41.3. The third-order valence-electron chi connectivity index (χ3n) is 11.6. The maximum absolute atomic E-state index is 14.4. The second-order valence-electron chi connectivity index (χ2n) is 16.9. The number of cyclic esters (lactones) is 1. The number of urea groups is 1. The van der Waals surface area contributed by atoms with Crippen molar-refractivity contribution >= 4 is 46.1 Å². The van der Waals surface area contributed by atoms with Gasteiger partial charge in [-0.15, -0.1) is 11.3 Å². The number of hydrogen-bond donors (Lipinski definition) is 2. The number of rotatable bonds is 8. The number of nitrogens with zero attached hydrogens (tertiary/aromatic N) is 6. The van der Waals surface area contributed by atoms with Gasteiger partial charge in [0.25, 0.3) is 5.91 Å². The summed E-state index contributed by atoms with van der Waals surface area (Å²) in [5.41, 5.74) is 9.41. The monoisotopic (exact) mass is 812 g/mol. The Balaban J connectivity index is 1.33. The van der Waals surface area contributed by atoms with Gasteiger partial charge in [-0.3, -0.25) is 24.4 Å². The minimum Gasteiger partial charge on any atom is -0.464 e. The number of carbonyl (C=O) groups excluding carboxylic acids is 4. The van der Waals surface area contributed by atoms with E-state index in [1.54, 1.807) is 30.2 Å². The smallest absolute Gasteiger partial charge is 0.324 e. The van der Waals surface area contributed by atoms with Crippen LogP contribution in [-0.2, 0) is 43.2 Å². The van der Waals surface area contributed by atoms with Crippen molar-refractivity contribution in [3.63, 3.8) is 0 Å². The van der Waals surface area contributed by atoms with E-state index in [-0.39, 0.29) is 37.0 Å². The lowest BCUT2D eigenvalue weighted by Gasteiger charge is -2.36. The second kappa shape index (κ2) is 16.8. The molecule has 2 fully saturated rings. The number of methoxy groups -OCH3 is 1. The number of hydrazine groups is 1. The fourth-order valence-electron chi connectivity index (χ4n) is 8.55. The number of nitrogens with one attached hydrogen (secondary N) is 2. The lowest BCUT2D eigenvalue weighted by molar-refractivity contribution is -0.155. The number of carbonyl (C=O) groups is 4. The fraction of sp³-hybridized carbons (Fsp3) is 0.535. The average molecular weight is 813 g/mol. The molecule has 4 aromatic rings. The third kappa shape index (κ3) is 8.08. The molecule has 6 bridgehead atoms. The molecule has 3 aliphatic rings. The highest BCUT2D eigenvalue weighted by Crippen LogP contribution is 2.42. The average Bonchev–Trinajstić information content (AvgIpc) is 3.90. The van der Waals surface area contributed by atoms with Crippen molar-refractivity contribution in [2.24, 2.45) is 11.3 Å². The van der Waals surface area contributed by atoms with Crippen LogP contribution in [0.25, 0.3) is 33.4 Å². The molecule has 4 amide bonds. The van der Waals surface area contributed by atoms with E-state index in [4.69, 9.17) is 19.4 Å². The first-order chi connectivity index (χ1) is 27.7. The van der Waals surface area contributed by atoms with Crippen LogP contribution in [0.2, 0.25) is 0 Å². The molecule has 2 saturated heterocycles. The van der Waals surface area contributed by atoms with Crippen LogP contribution < -0.4 is 10.7 Å². The van der Waals surface area contributed by atoms with Crippen molar-refractivity contribution in [3.05, 3.63) is 58.2 Å². The van der Waals surface area contributed by atoms with Crippen LogP contribution >= 0.6 is 11.3 Å². The highest BCUT2D eigenvalue weighted by molar-refractivity contribution is 7.10. The van der Waals surface area contributed by atoms with Crippen molar-refractivity contribution in [1.29, 1.82) is 0 Å². The van der Waals surface area contributed by atoms with Crippen LogP contribution in [0.1, 0.15) is 76.8 Å². The number of esters is 1. The van der Waals surface area contributed by atoms with Gasteiger partial charge in [0.2, 0.25) is 5.91 Å². The summed E-state index contributed by atoms with van der Waals surface area (Å²) in [6, 6.07) is 7.70. The minimum absolute atomic E-state index is 0.126. The van der Waals surface area contributed by atoms with Crippen molar-refractivity contribution in [3.8, 4) is 22.5 Å². The van der Waals surface area contributed by atoms with Crippen molar-refractivity contribution in [1.82, 2.24) is 40.1 Å². The van der Waals surface area contributed by atoms with Crippen LogP contribution in [0.5, 0.6) is 0 Å². The van der Waals surface area contributed by atoms with Crippen molar-refractivity contribution < 1.29 is 28.7 Å². The number of aryl methyl sites for hydroxylation is 1. The molecule has 0 spiro atoms. The molecule has 6 heterocycles. The molecule has 1 aromatic carbocycles. The highest BCUT2D eigenvalue weighted by atomic mass is 32.1. The van der Waals surface area contributed by atoms with E-state index in [0.29, 0.717) is 50.4 Å². The summed E-state index contributed by atoms with van der Waals surface area (Å²) in [5.74, 6) is -1.43. The van der Waals surface area contributed by atoms with Gasteiger partial charge in [-0.2, -0.15) is 0 Å². The number of ether oxygens (including phenoxy) is 2. The van der Waals surface area contributed by atoms with Crippen LogP contribution in [0.3, 0.4) is 0 Å². The topological polar surface area (TPSA) is 151 Å². The molecule has 14 nitrogen and oxygen atoms in total. The Hall–Kier alpha value is -4.86. The van der Waals surface area contributed by atoms with Gasteiger partial charge < -0.3 is 29.2 Å². The molecule has 1 unspecified atom stereocenters. The zero-order valence-electron chi connectivity index (χ0n) is 34.8. The third-order valence-corrected chi connectivity index (χ3v) is 12.5. The fourth-order valence-corrected chi connectivity index (χ4v) is 9.40. The molecular formula is C43H56N8O6S. The van der Waals surface area contributed by atoms with Crippen LogP contribution in [0.15, 0.2) is 41.9 Å². The Morgan fingerprint density at radius 2 is 1.93 bits per heavy atom. The Labute approximate surface area is 344 Å². The van der Waals surface area contributed by atoms with E-state index >= 15 is 0 Å². The number of benzene rings is 1. The van der Waals surface area contributed by atoms with E-state index in [9.17, 15) is 19.2 Å². The standard InChI is InChI=1S/C43H56N8O6S/c1-9-49-34-15-14-27-20-29(34)30(38(49)28-12-10-16-44-36(28)26(4)56-8)22-43(5,6)24-57-41(54)31-13-11-17-51(47-31)40(53)32(21-35-45-33(27)23-58-35)46-39(52)37(25(2)3)50-19-18-48(7)42(50)55/h10,12,14-16,20,23,25-26,31-32,37,47H,9,11,13,17-19,21-22,24H2,1-8H3,(H,46,52)/t26-,31-,32-,37?/m0/s1. The van der Waals surface area contributed by atoms with Crippen LogP contribution in [0.4, 0.5) is 4.79 Å². The first-order valence-corrected chi connectivity index (χ1v) is 21.2. The molecule has 310 valence electrons. The Morgan fingerprint density at radius 3 is 2.64 bits per heavy atom. The van der Waals surface area contributed by atoms with E-state index < -0.39 is 35.4 Å². The van der Waals surface area contributed by atoms with Gasteiger partial charge in [-0.25, -0.2) is 15.2 Å². The molecule has 15 heteroatoms. The number of thiazole rings is 1. The summed E-state index contributed by atoms with van der Waals surface area (Å²) in [6.07, 6.45) is 3.34. The van der Waals surface area contributed by atoms with E-state index in [2.05, 4.69) is 60.3 Å². The molecular weight excluding hydrogens is 757 g/mol. The largest absolute Gasteiger partial charge is 0.464 e. The van der Waals surface area contributed by atoms with Gasteiger partial charge >= 0.3 is 12.0 Å². The molecule has 0 saturated carbocycles. The number of aromatic nitrogens is 3. The number of hydrogen-bond acceptors (Lipinski definition) is 10. The van der Waals surface area contributed by atoms with Gasteiger partial charge in [0.15, 0.2) is 0 Å². The SMILES string of the molecule is CCn1c(-c2cccnc2[C@H](C)OC)c2c3cc(ccc31)-c1csc(n1)C[C@H](NC(=O)C(C(C)C)N1CCN(C)C1=O)C(=O)N1CCC[C@H](N1)C(=O)OCC(C)(C)C2. The van der Waals surface area contributed by atoms with Gasteiger partial charge in [-0.05, 0) is 68.9 Å². The van der Waals surface area contributed by atoms with E-state index in [1.807, 2.05) is 32.2 Å². The second-order valence-corrected chi connectivity index (χ2v) is 17.8. The van der Waals surface area contributed by atoms with Gasteiger partial charge in [0.05, 0.1) is 34.8 Å². The maximum Gasteiger partial charge on any atom is 0.324 e. The van der Waals surface area contributed by atoms with Gasteiger partial charge in [0.1, 0.15) is 18.1 Å². The lowest BCUT2D eigenvalue weighted by atomic mass is 9.84. The molecule has 4 atom stereocenters. The summed E-state index contributed by atoms with van der Waals surface area (Å²) in [6.45, 7) is 14.3. The Bertz CT molecular complexity index is 2200. The van der Waals surface area contributed by atoms with Crippen LogP contribution in [0, 0.1) is 11.3 Å². The molecule has 0 aliphatic carbocycles. The molecule has 3 aliphatic heterocycles. The molecule has 0 radical (unpaired) electrons. The van der Waals surface area contributed by atoms with Crippen molar-refractivity contribution in [2.75, 3.05) is 40.4 Å². The van der Waals surface area contributed by atoms with Gasteiger partial charge in [-0.1, -0.05) is 33.8 Å². The summed E-state index contributed by atoms with van der Waals surface area (Å²) in [5, 5.41) is 8.19. The number of pyridine rings is 1. The maximum atomic E-state index is 14.4. The lowest BCUT2D eigenvalue weighted by Crippen LogP contribution is -2.62. The predicted molar refractivity (Wildman–Crippen MR) is 223 cm³/mol. The zero-order valence-corrected chi connectivity index (χ0v) is 35.6. The summed E-state index contributed by atoms with van der Waals surface area (Å²) < 4.78 is 14.2. The zero-order chi connectivity index (χ0) is 41.5. The number of likely N-dealkylation sites (N-methyl/N-ethyl adjacent to an activating group) is 1. The van der Waals surface area contributed by atoms with Crippen molar-refractivity contribution in [2.45, 2.75) is 98.0 Å². The quantitative estimate of drug-likeness (QED) is 0.217. The minimum atomic E-state index is -1.01. The molecule has 2 N–H and O–H groups in total. The number of fused-ring (bicyclic) bond motifs is 6. The first-order valence-electron chi connectivity index (χ1n) is 20.4. The number of amides is 4. The predicted octanol–water partition coefficient (Wildman–Crippen LogP) is 5.59. The summed E-state index contributed by atoms with van der Waals surface area (Å²) >= 11 is 1.43. The molecule has 7 rings (SSSR count). The van der Waals surface area contributed by atoms with Gasteiger partial charge in [0, 0.05) is 85.8 Å². The van der Waals surface area contributed by atoms with Crippen LogP contribution in [-0.4, -0.2) is 112 Å². The normalized spacial score (nSPS) is 21.3. The van der Waals surface area contributed by atoms with E-state index in [1.165, 1.54) is 16.3 Å². The highest BCUT2D eigenvalue weighted by Gasteiger charge is 2.41. The summed E-state index contributed by atoms with van der Waals surface area (Å²) in [7, 11) is 3.41. The Kier molecular flexibility index (Phi) is 12.0. The Morgan fingerprint density at radius 1 is 1.14 bits per heavy atom. The molecule has 3 aromatic heterocycles. The molecule has 58 heavy (non-hydrogen) atoms. The summed E-state index contributed by atoms with van der Waals surface area (Å²) in [4.78, 5) is 68.4. The van der Waals surface area contributed by atoms with E-state index in [0.717, 1.165) is 44.7 Å².